The largest absolute Gasteiger partial charge is 0.387 e. The molecule has 0 aliphatic carbocycles. The molecule has 1 aliphatic heterocycles. The number of rotatable bonds is 3. The molecule has 2 amide bonds. The average molecular weight is 357 g/mol. The zero-order valence-corrected chi connectivity index (χ0v) is 14.4. The number of carbonyl (C=O) groups is 1. The number of piperidine rings is 1. The summed E-state index contributed by atoms with van der Waals surface area (Å²) >= 11 is 1.58. The summed E-state index contributed by atoms with van der Waals surface area (Å²) in [6.07, 6.45) is 1.15. The summed E-state index contributed by atoms with van der Waals surface area (Å²) in [6, 6.07) is 9.27. The van der Waals surface area contributed by atoms with E-state index in [1.165, 1.54) is 0 Å². The maximum atomic E-state index is 12.5. The van der Waals surface area contributed by atoms with Crippen LogP contribution in [0.4, 0.5) is 10.5 Å². The summed E-state index contributed by atoms with van der Waals surface area (Å²) in [7, 11) is 0. The Labute approximate surface area is 148 Å². The van der Waals surface area contributed by atoms with Crippen LogP contribution in [0.15, 0.2) is 35.7 Å². The van der Waals surface area contributed by atoms with E-state index in [9.17, 15) is 9.90 Å². The second kappa shape index (κ2) is 6.81. The van der Waals surface area contributed by atoms with Gasteiger partial charge in [0.05, 0.1) is 11.8 Å². The number of H-pyrrole nitrogens is 1. The molecule has 3 aromatic rings. The highest BCUT2D eigenvalue weighted by Crippen LogP contribution is 2.33. The number of thiophene rings is 1. The lowest BCUT2D eigenvalue weighted by Crippen LogP contribution is -2.42. The van der Waals surface area contributed by atoms with Crippen molar-refractivity contribution in [1.29, 1.82) is 0 Å². The number of carbonyl (C=O) groups excluding carboxylic acids is 1. The third-order valence-electron chi connectivity index (χ3n) is 4.70. The van der Waals surface area contributed by atoms with Gasteiger partial charge >= 0.3 is 6.03 Å². The van der Waals surface area contributed by atoms with Crippen molar-refractivity contribution in [3.05, 3.63) is 40.6 Å². The van der Waals surface area contributed by atoms with Crippen LogP contribution in [0.5, 0.6) is 0 Å². The van der Waals surface area contributed by atoms with E-state index >= 15 is 0 Å². The van der Waals surface area contributed by atoms with E-state index in [0.717, 1.165) is 23.2 Å². The summed E-state index contributed by atoms with van der Waals surface area (Å²) in [5.74, 6) is 0.196. The van der Waals surface area contributed by atoms with Crippen molar-refractivity contribution in [2.24, 2.45) is 5.92 Å². The first kappa shape index (κ1) is 16.0. The number of nitrogens with one attached hydrogen (secondary N) is 2. The third-order valence-corrected chi connectivity index (χ3v) is 5.64. The predicted molar refractivity (Wildman–Crippen MR) is 96.5 cm³/mol. The topological polar surface area (TPSA) is 94.1 Å². The molecule has 3 heterocycles. The van der Waals surface area contributed by atoms with Gasteiger partial charge in [0.25, 0.3) is 0 Å². The zero-order chi connectivity index (χ0) is 17.2. The third kappa shape index (κ3) is 3.22. The maximum absolute atomic E-state index is 12.5. The molecule has 1 aromatic carbocycles. The van der Waals surface area contributed by atoms with Crippen LogP contribution >= 0.6 is 11.3 Å². The van der Waals surface area contributed by atoms with E-state index in [4.69, 9.17) is 0 Å². The molecule has 8 heteroatoms. The van der Waals surface area contributed by atoms with Crippen LogP contribution in [0.1, 0.15) is 23.8 Å². The van der Waals surface area contributed by atoms with E-state index in [0.29, 0.717) is 24.3 Å². The smallest absolute Gasteiger partial charge is 0.321 e. The Bertz CT molecular complexity index is 855. The molecule has 0 saturated carbocycles. The molecule has 130 valence electrons. The van der Waals surface area contributed by atoms with Crippen LogP contribution in [-0.4, -0.2) is 44.5 Å². The first-order valence-electron chi connectivity index (χ1n) is 8.29. The zero-order valence-electron chi connectivity index (χ0n) is 13.6. The number of aliphatic hydroxyl groups excluding tert-OH is 1. The van der Waals surface area contributed by atoms with Crippen molar-refractivity contribution in [2.75, 3.05) is 18.4 Å². The molecule has 1 atom stereocenters. The number of fused-ring (bicyclic) bond motifs is 1. The number of para-hydroxylation sites is 1. The second-order valence-electron chi connectivity index (χ2n) is 6.21. The Morgan fingerprint density at radius 2 is 2.12 bits per heavy atom. The first-order valence-corrected chi connectivity index (χ1v) is 9.17. The minimum Gasteiger partial charge on any atom is -0.387 e. The number of benzene rings is 1. The van der Waals surface area contributed by atoms with Gasteiger partial charge in [0.2, 0.25) is 0 Å². The van der Waals surface area contributed by atoms with Gasteiger partial charge in [-0.1, -0.05) is 12.1 Å². The Morgan fingerprint density at radius 3 is 2.88 bits per heavy atom. The van der Waals surface area contributed by atoms with Gasteiger partial charge in [-0.2, -0.15) is 15.4 Å². The molecule has 1 fully saturated rings. The lowest BCUT2D eigenvalue weighted by atomic mass is 9.90. The minimum atomic E-state index is -0.436. The lowest BCUT2D eigenvalue weighted by Gasteiger charge is -2.34. The van der Waals surface area contributed by atoms with Crippen LogP contribution < -0.4 is 5.32 Å². The maximum Gasteiger partial charge on any atom is 0.321 e. The molecular formula is C17H19N5O2S. The van der Waals surface area contributed by atoms with Gasteiger partial charge in [-0.15, -0.1) is 11.3 Å². The molecule has 2 aromatic heterocycles. The number of urea groups is 1. The van der Waals surface area contributed by atoms with Crippen molar-refractivity contribution < 1.29 is 9.90 Å². The number of aromatic amines is 1. The number of hydrogen-bond acceptors (Lipinski definition) is 5. The molecular weight excluding hydrogens is 338 g/mol. The van der Waals surface area contributed by atoms with Crippen molar-refractivity contribution >= 4 is 34.1 Å². The minimum absolute atomic E-state index is 0.139. The number of aromatic nitrogens is 3. The fourth-order valence-corrected chi connectivity index (χ4v) is 4.08. The van der Waals surface area contributed by atoms with Gasteiger partial charge in [-0.25, -0.2) is 4.79 Å². The van der Waals surface area contributed by atoms with Crippen LogP contribution in [0, 0.1) is 5.92 Å². The molecule has 7 nitrogen and oxygen atoms in total. The SMILES string of the molecule is O=C(Nc1cccc2n[nH]nc12)N1CCC([C@@H](O)c2cccs2)CC1. The number of nitrogens with zero attached hydrogens (tertiary/aromatic N) is 3. The van der Waals surface area contributed by atoms with E-state index in [2.05, 4.69) is 20.7 Å². The van der Waals surface area contributed by atoms with Gasteiger partial charge < -0.3 is 15.3 Å². The number of anilines is 1. The highest BCUT2D eigenvalue weighted by molar-refractivity contribution is 7.10. The normalized spacial score (nSPS) is 16.9. The fourth-order valence-electron chi connectivity index (χ4n) is 3.27. The van der Waals surface area contributed by atoms with Crippen LogP contribution in [0.25, 0.3) is 11.0 Å². The van der Waals surface area contributed by atoms with E-state index in [-0.39, 0.29) is 11.9 Å². The summed E-state index contributed by atoms with van der Waals surface area (Å²) in [4.78, 5) is 15.3. The Morgan fingerprint density at radius 1 is 1.28 bits per heavy atom. The Balaban J connectivity index is 1.37. The summed E-state index contributed by atoms with van der Waals surface area (Å²) in [5, 5.41) is 26.0. The van der Waals surface area contributed by atoms with E-state index in [1.807, 2.05) is 35.7 Å². The standard InChI is InChI=1S/C17H19N5O2S/c23-16(14-5-2-10-25-14)11-6-8-22(9-7-11)17(24)18-12-3-1-4-13-15(12)20-21-19-13/h1-5,10-11,16,23H,6-9H2,(H,18,24)(H,19,20,21)/t16-/m1/s1. The number of aliphatic hydroxyl groups is 1. The molecule has 1 saturated heterocycles. The van der Waals surface area contributed by atoms with Gasteiger partial charge in [0.1, 0.15) is 11.0 Å². The molecule has 0 radical (unpaired) electrons. The van der Waals surface area contributed by atoms with E-state index in [1.54, 1.807) is 16.2 Å². The highest BCUT2D eigenvalue weighted by Gasteiger charge is 2.29. The molecule has 3 N–H and O–H groups in total. The van der Waals surface area contributed by atoms with Crippen molar-refractivity contribution in [3.63, 3.8) is 0 Å². The van der Waals surface area contributed by atoms with Crippen LogP contribution in [-0.2, 0) is 0 Å². The van der Waals surface area contributed by atoms with Gasteiger partial charge in [0, 0.05) is 18.0 Å². The second-order valence-corrected chi connectivity index (χ2v) is 7.19. The number of hydrogen-bond donors (Lipinski definition) is 3. The summed E-state index contributed by atoms with van der Waals surface area (Å²) < 4.78 is 0. The molecule has 1 aliphatic rings. The van der Waals surface area contributed by atoms with Gasteiger partial charge in [-0.05, 0) is 42.3 Å². The van der Waals surface area contributed by atoms with Crippen molar-refractivity contribution in [3.8, 4) is 0 Å². The average Bonchev–Trinajstić information content (AvgIpc) is 3.33. The Kier molecular flexibility index (Phi) is 4.37. The molecule has 0 unspecified atom stereocenters. The molecule has 4 rings (SSSR count). The number of likely N-dealkylation sites (tertiary alicyclic amines) is 1. The van der Waals surface area contributed by atoms with E-state index < -0.39 is 6.10 Å². The monoisotopic (exact) mass is 357 g/mol. The molecule has 25 heavy (non-hydrogen) atoms. The van der Waals surface area contributed by atoms with Crippen LogP contribution in [0.3, 0.4) is 0 Å². The lowest BCUT2D eigenvalue weighted by molar-refractivity contribution is 0.0708. The molecule has 0 spiro atoms. The Hall–Kier alpha value is -2.45. The van der Waals surface area contributed by atoms with Gasteiger partial charge in [0.15, 0.2) is 0 Å². The molecule has 0 bridgehead atoms. The summed E-state index contributed by atoms with van der Waals surface area (Å²) in [5.41, 5.74) is 2.02. The first-order chi connectivity index (χ1) is 12.2. The fraction of sp³-hybridized carbons (Fsp3) is 0.353. The summed E-state index contributed by atoms with van der Waals surface area (Å²) in [6.45, 7) is 1.27. The van der Waals surface area contributed by atoms with Crippen LogP contribution in [0.2, 0.25) is 0 Å². The van der Waals surface area contributed by atoms with Gasteiger partial charge in [-0.3, -0.25) is 0 Å². The van der Waals surface area contributed by atoms with Crippen molar-refractivity contribution in [1.82, 2.24) is 20.3 Å². The highest BCUT2D eigenvalue weighted by atomic mass is 32.1. The predicted octanol–water partition coefficient (Wildman–Crippen LogP) is 3.00. The quantitative estimate of drug-likeness (QED) is 0.672. The number of amides is 2. The van der Waals surface area contributed by atoms with Crippen molar-refractivity contribution in [2.45, 2.75) is 18.9 Å².